The fourth-order valence-corrected chi connectivity index (χ4v) is 3.57. The maximum Gasteiger partial charge on any atom is 0.154 e. The molecule has 0 aromatic heterocycles. The molecule has 1 heterocycles. The van der Waals surface area contributed by atoms with Gasteiger partial charge in [-0.15, -0.1) is 0 Å². The quantitative estimate of drug-likeness (QED) is 0.639. The lowest BCUT2D eigenvalue weighted by atomic mass is 10.2. The molecule has 4 unspecified atom stereocenters. The van der Waals surface area contributed by atoms with Crippen LogP contribution in [0.2, 0.25) is 0 Å². The van der Waals surface area contributed by atoms with E-state index in [1.54, 1.807) is 6.26 Å². The summed E-state index contributed by atoms with van der Waals surface area (Å²) in [4.78, 5) is 0. The maximum absolute atomic E-state index is 11.2. The van der Waals surface area contributed by atoms with E-state index in [0.29, 0.717) is 6.54 Å². The largest absolute Gasteiger partial charge is 0.390 e. The Morgan fingerprint density at radius 1 is 1.53 bits per heavy atom. The van der Waals surface area contributed by atoms with Crippen LogP contribution in [0.25, 0.3) is 0 Å². The summed E-state index contributed by atoms with van der Waals surface area (Å²) in [5.74, 6) is -0.203. The van der Waals surface area contributed by atoms with Crippen LogP contribution in [-0.2, 0) is 20.6 Å². The molecule has 0 spiro atoms. The van der Waals surface area contributed by atoms with Crippen molar-refractivity contribution in [1.29, 1.82) is 0 Å². The van der Waals surface area contributed by atoms with Crippen molar-refractivity contribution in [3.8, 4) is 0 Å². The minimum absolute atomic E-state index is 0.0305. The molecule has 1 fully saturated rings. The Labute approximate surface area is 92.6 Å². The van der Waals surface area contributed by atoms with Crippen LogP contribution in [-0.4, -0.2) is 59.4 Å². The Morgan fingerprint density at radius 2 is 2.13 bits per heavy atom. The molecule has 0 radical (unpaired) electrons. The zero-order chi connectivity index (χ0) is 11.6. The van der Waals surface area contributed by atoms with Crippen molar-refractivity contribution < 1.29 is 17.7 Å². The summed E-state index contributed by atoms with van der Waals surface area (Å²) >= 11 is 0. The number of hydrogen-bond acceptors (Lipinski definition) is 5. The second kappa shape index (κ2) is 4.90. The lowest BCUT2D eigenvalue weighted by Gasteiger charge is -2.17. The molecule has 0 aromatic carbocycles. The highest BCUT2D eigenvalue weighted by atomic mass is 32.2. The molecule has 15 heavy (non-hydrogen) atoms. The van der Waals surface area contributed by atoms with Crippen LogP contribution in [0.5, 0.6) is 0 Å². The van der Waals surface area contributed by atoms with Crippen molar-refractivity contribution in [2.75, 3.05) is 24.3 Å². The Kier molecular flexibility index (Phi) is 4.28. The molecule has 7 heteroatoms. The Morgan fingerprint density at radius 3 is 2.53 bits per heavy atom. The molecule has 90 valence electrons. The van der Waals surface area contributed by atoms with E-state index >= 15 is 0 Å². The van der Waals surface area contributed by atoms with E-state index in [1.807, 2.05) is 6.92 Å². The average Bonchev–Trinajstić information content (AvgIpc) is 2.35. The third-order valence-corrected chi connectivity index (χ3v) is 5.57. The summed E-state index contributed by atoms with van der Waals surface area (Å²) in [6.45, 7) is 2.28. The number of hydrogen-bond donors (Lipinski definition) is 2. The van der Waals surface area contributed by atoms with Crippen LogP contribution >= 0.6 is 0 Å². The highest BCUT2D eigenvalue weighted by molar-refractivity contribution is 7.91. The minimum atomic E-state index is -3.10. The first-order valence-electron chi connectivity index (χ1n) is 4.76. The van der Waals surface area contributed by atoms with Gasteiger partial charge in [0, 0.05) is 34.9 Å². The molecule has 1 saturated heterocycles. The van der Waals surface area contributed by atoms with Gasteiger partial charge in [0.25, 0.3) is 0 Å². The van der Waals surface area contributed by atoms with E-state index in [-0.39, 0.29) is 16.8 Å². The topological polar surface area (TPSA) is 83.5 Å². The van der Waals surface area contributed by atoms with Gasteiger partial charge < -0.3 is 10.4 Å². The summed E-state index contributed by atoms with van der Waals surface area (Å²) in [7, 11) is -4.04. The molecule has 1 aliphatic heterocycles. The maximum atomic E-state index is 11.2. The van der Waals surface area contributed by atoms with Gasteiger partial charge in [0.15, 0.2) is 9.84 Å². The molecule has 5 nitrogen and oxygen atoms in total. The van der Waals surface area contributed by atoms with E-state index < -0.39 is 32.8 Å². The van der Waals surface area contributed by atoms with Gasteiger partial charge in [-0.1, -0.05) is 0 Å². The molecule has 1 aliphatic rings. The monoisotopic (exact) mass is 255 g/mol. The van der Waals surface area contributed by atoms with Crippen LogP contribution in [0, 0.1) is 0 Å². The summed E-state index contributed by atoms with van der Waals surface area (Å²) in [5.41, 5.74) is 0. The van der Waals surface area contributed by atoms with Crippen molar-refractivity contribution in [2.24, 2.45) is 0 Å². The van der Waals surface area contributed by atoms with E-state index in [9.17, 15) is 17.7 Å². The number of sulfone groups is 1. The van der Waals surface area contributed by atoms with Gasteiger partial charge in [-0.05, 0) is 6.92 Å². The Hall–Kier alpha value is 0.0200. The summed E-state index contributed by atoms with van der Waals surface area (Å²) in [6.07, 6.45) is 0.765. The molecule has 2 N–H and O–H groups in total. The average molecular weight is 255 g/mol. The lowest BCUT2D eigenvalue weighted by Crippen LogP contribution is -2.42. The van der Waals surface area contributed by atoms with Crippen molar-refractivity contribution >= 4 is 20.6 Å². The van der Waals surface area contributed by atoms with Gasteiger partial charge in [0.1, 0.15) is 0 Å². The fourth-order valence-electron chi connectivity index (χ4n) is 1.46. The molecular formula is C8H17NO4S2. The second-order valence-electron chi connectivity index (χ2n) is 3.97. The predicted octanol–water partition coefficient (Wildman–Crippen LogP) is -1.50. The van der Waals surface area contributed by atoms with Crippen molar-refractivity contribution in [1.82, 2.24) is 5.32 Å². The zero-order valence-corrected chi connectivity index (χ0v) is 10.5. The summed E-state index contributed by atoms with van der Waals surface area (Å²) < 4.78 is 33.4. The first-order chi connectivity index (χ1) is 6.82. The highest BCUT2D eigenvalue weighted by Crippen LogP contribution is 2.12. The van der Waals surface area contributed by atoms with Crippen molar-refractivity contribution in [2.45, 2.75) is 24.3 Å². The van der Waals surface area contributed by atoms with Gasteiger partial charge in [-0.2, -0.15) is 0 Å². The van der Waals surface area contributed by atoms with Crippen LogP contribution in [0.1, 0.15) is 6.92 Å². The van der Waals surface area contributed by atoms with E-state index in [4.69, 9.17) is 0 Å². The SMILES string of the molecule is CC(CNC1CS(=O)(=O)CC1O)S(C)=O. The molecule has 0 amide bonds. The second-order valence-corrected chi connectivity index (χ2v) is 7.92. The number of nitrogens with one attached hydrogen (secondary N) is 1. The molecular weight excluding hydrogens is 238 g/mol. The summed E-state index contributed by atoms with van der Waals surface area (Å²) in [6, 6.07) is -0.416. The number of aliphatic hydroxyl groups excluding tert-OH is 1. The predicted molar refractivity (Wildman–Crippen MR) is 60.0 cm³/mol. The first-order valence-corrected chi connectivity index (χ1v) is 8.20. The molecule has 4 atom stereocenters. The highest BCUT2D eigenvalue weighted by Gasteiger charge is 2.36. The molecule has 1 rings (SSSR count). The number of aliphatic hydroxyl groups is 1. The van der Waals surface area contributed by atoms with Crippen LogP contribution in [0.3, 0.4) is 0 Å². The van der Waals surface area contributed by atoms with Gasteiger partial charge in [-0.25, -0.2) is 8.42 Å². The van der Waals surface area contributed by atoms with E-state index in [0.717, 1.165) is 0 Å². The molecule has 0 aromatic rings. The van der Waals surface area contributed by atoms with Gasteiger partial charge >= 0.3 is 0 Å². The van der Waals surface area contributed by atoms with E-state index in [1.165, 1.54) is 0 Å². The van der Waals surface area contributed by atoms with Gasteiger partial charge in [-0.3, -0.25) is 4.21 Å². The lowest BCUT2D eigenvalue weighted by molar-refractivity contribution is 0.166. The fraction of sp³-hybridized carbons (Fsp3) is 1.00. The van der Waals surface area contributed by atoms with E-state index in [2.05, 4.69) is 5.32 Å². The van der Waals surface area contributed by atoms with Gasteiger partial charge in [0.2, 0.25) is 0 Å². The zero-order valence-electron chi connectivity index (χ0n) is 8.84. The van der Waals surface area contributed by atoms with Crippen LogP contribution in [0.4, 0.5) is 0 Å². The minimum Gasteiger partial charge on any atom is -0.390 e. The van der Waals surface area contributed by atoms with Gasteiger partial charge in [0.05, 0.1) is 17.6 Å². The van der Waals surface area contributed by atoms with Crippen molar-refractivity contribution in [3.63, 3.8) is 0 Å². The standard InChI is InChI=1S/C8H17NO4S2/c1-6(14(2)11)3-9-7-4-15(12,13)5-8(7)10/h6-10H,3-5H2,1-2H3. The normalized spacial score (nSPS) is 33.8. The first kappa shape index (κ1) is 13.1. The summed E-state index contributed by atoms with van der Waals surface area (Å²) in [5, 5.41) is 12.4. The van der Waals surface area contributed by atoms with Crippen LogP contribution in [0.15, 0.2) is 0 Å². The Bertz CT molecular complexity index is 341. The smallest absolute Gasteiger partial charge is 0.154 e. The molecule has 0 saturated carbocycles. The van der Waals surface area contributed by atoms with Crippen molar-refractivity contribution in [3.05, 3.63) is 0 Å². The molecule has 0 aliphatic carbocycles. The third kappa shape index (κ3) is 3.82. The van der Waals surface area contributed by atoms with Crippen LogP contribution < -0.4 is 5.32 Å². The Balaban J connectivity index is 2.44. The molecule has 0 bridgehead atoms. The number of rotatable bonds is 4. The third-order valence-electron chi connectivity index (χ3n) is 2.56.